The summed E-state index contributed by atoms with van der Waals surface area (Å²) in [5, 5.41) is 12.4. The third kappa shape index (κ3) is 3.09. The predicted molar refractivity (Wildman–Crippen MR) is 70.5 cm³/mol. The summed E-state index contributed by atoms with van der Waals surface area (Å²) in [7, 11) is 2.03. The van der Waals surface area contributed by atoms with Gasteiger partial charge in [-0.25, -0.2) is 4.98 Å². The van der Waals surface area contributed by atoms with E-state index in [1.165, 1.54) is 0 Å². The second kappa shape index (κ2) is 6.43. The highest BCUT2D eigenvalue weighted by Gasteiger charge is 2.20. The van der Waals surface area contributed by atoms with Crippen molar-refractivity contribution in [2.45, 2.75) is 18.9 Å². The van der Waals surface area contributed by atoms with Gasteiger partial charge in [0.05, 0.1) is 5.56 Å². The number of rotatable bonds is 2. The summed E-state index contributed by atoms with van der Waals surface area (Å²) >= 11 is 0. The van der Waals surface area contributed by atoms with Gasteiger partial charge in [0.15, 0.2) is 0 Å². The molecule has 1 aliphatic heterocycles. The first kappa shape index (κ1) is 13.8. The molecule has 0 radical (unpaired) electrons. The molecule has 2 rings (SSSR count). The van der Waals surface area contributed by atoms with E-state index >= 15 is 0 Å². The molecule has 2 heterocycles. The molecule has 0 bridgehead atoms. The second-order valence-corrected chi connectivity index (χ2v) is 4.08. The summed E-state index contributed by atoms with van der Waals surface area (Å²) in [5.74, 6) is 0.803. The van der Waals surface area contributed by atoms with Gasteiger partial charge in [-0.05, 0) is 38.1 Å². The Morgan fingerprint density at radius 2 is 2.18 bits per heavy atom. The maximum Gasteiger partial charge on any atom is 0.146 e. The van der Waals surface area contributed by atoms with Crippen molar-refractivity contribution in [3.63, 3.8) is 0 Å². The molecule has 1 aromatic heterocycles. The summed E-state index contributed by atoms with van der Waals surface area (Å²) in [6.07, 6.45) is 3.96. The number of nitriles is 1. The summed E-state index contributed by atoms with van der Waals surface area (Å²) < 4.78 is 0. The van der Waals surface area contributed by atoms with Gasteiger partial charge in [-0.1, -0.05) is 0 Å². The van der Waals surface area contributed by atoms with Crippen LogP contribution in [0, 0.1) is 11.3 Å². The lowest BCUT2D eigenvalue weighted by Crippen LogP contribution is -2.41. The van der Waals surface area contributed by atoms with Crippen LogP contribution in [0.4, 0.5) is 5.82 Å². The van der Waals surface area contributed by atoms with Crippen LogP contribution >= 0.6 is 12.4 Å². The SMILES string of the molecule is CN(c1ncccc1C#N)C1CCNCC1.Cl. The zero-order valence-electron chi connectivity index (χ0n) is 9.89. The number of nitrogens with one attached hydrogen (secondary N) is 1. The number of anilines is 1. The number of halogens is 1. The van der Waals surface area contributed by atoms with Gasteiger partial charge in [0, 0.05) is 19.3 Å². The van der Waals surface area contributed by atoms with Crippen molar-refractivity contribution in [1.29, 1.82) is 5.26 Å². The average Bonchev–Trinajstić information content (AvgIpc) is 2.39. The maximum absolute atomic E-state index is 9.04. The summed E-state index contributed by atoms with van der Waals surface area (Å²) in [4.78, 5) is 6.45. The van der Waals surface area contributed by atoms with E-state index in [0.717, 1.165) is 31.7 Å². The zero-order valence-corrected chi connectivity index (χ0v) is 10.7. The molecule has 1 aromatic rings. The topological polar surface area (TPSA) is 52.0 Å². The van der Waals surface area contributed by atoms with E-state index < -0.39 is 0 Å². The van der Waals surface area contributed by atoms with Crippen molar-refractivity contribution in [2.24, 2.45) is 0 Å². The Bertz CT molecular complexity index is 396. The fraction of sp³-hybridized carbons (Fsp3) is 0.500. The van der Waals surface area contributed by atoms with Gasteiger partial charge in [-0.3, -0.25) is 0 Å². The zero-order chi connectivity index (χ0) is 11.4. The normalized spacial score (nSPS) is 15.8. The van der Waals surface area contributed by atoms with Gasteiger partial charge in [-0.2, -0.15) is 5.26 Å². The van der Waals surface area contributed by atoms with Gasteiger partial charge >= 0.3 is 0 Å². The molecule has 0 unspecified atom stereocenters. The molecule has 0 spiro atoms. The first-order valence-electron chi connectivity index (χ1n) is 5.61. The third-order valence-corrected chi connectivity index (χ3v) is 3.10. The van der Waals surface area contributed by atoms with E-state index in [1.54, 1.807) is 12.3 Å². The number of aromatic nitrogens is 1. The Hall–Kier alpha value is -1.31. The minimum Gasteiger partial charge on any atom is -0.356 e. The number of piperidine rings is 1. The van der Waals surface area contributed by atoms with E-state index in [9.17, 15) is 0 Å². The van der Waals surface area contributed by atoms with Gasteiger partial charge in [-0.15, -0.1) is 12.4 Å². The van der Waals surface area contributed by atoms with Crippen molar-refractivity contribution < 1.29 is 0 Å². The monoisotopic (exact) mass is 252 g/mol. The van der Waals surface area contributed by atoms with E-state index in [4.69, 9.17) is 5.26 Å². The first-order valence-corrected chi connectivity index (χ1v) is 5.61. The van der Waals surface area contributed by atoms with Crippen molar-refractivity contribution in [3.05, 3.63) is 23.9 Å². The molecule has 1 N–H and O–H groups in total. The fourth-order valence-electron chi connectivity index (χ4n) is 2.13. The van der Waals surface area contributed by atoms with Gasteiger partial charge in [0.2, 0.25) is 0 Å². The molecule has 0 aromatic carbocycles. The average molecular weight is 253 g/mol. The Morgan fingerprint density at radius 3 is 2.82 bits per heavy atom. The molecule has 5 heteroatoms. The summed E-state index contributed by atoms with van der Waals surface area (Å²) in [6, 6.07) is 6.31. The van der Waals surface area contributed by atoms with Gasteiger partial charge < -0.3 is 10.2 Å². The Kier molecular flexibility index (Phi) is 5.20. The molecule has 1 aliphatic rings. The summed E-state index contributed by atoms with van der Waals surface area (Å²) in [6.45, 7) is 2.09. The largest absolute Gasteiger partial charge is 0.356 e. The molecule has 1 fully saturated rings. The van der Waals surface area contributed by atoms with Crippen LogP contribution in [0.5, 0.6) is 0 Å². The van der Waals surface area contributed by atoms with Crippen molar-refractivity contribution in [2.75, 3.05) is 25.0 Å². The Morgan fingerprint density at radius 1 is 1.47 bits per heavy atom. The van der Waals surface area contributed by atoms with Crippen LogP contribution in [0.15, 0.2) is 18.3 Å². The quantitative estimate of drug-likeness (QED) is 0.868. The smallest absolute Gasteiger partial charge is 0.146 e. The van der Waals surface area contributed by atoms with Crippen LogP contribution < -0.4 is 10.2 Å². The van der Waals surface area contributed by atoms with Crippen LogP contribution in [0.2, 0.25) is 0 Å². The van der Waals surface area contributed by atoms with E-state index in [2.05, 4.69) is 21.3 Å². The predicted octanol–water partition coefficient (Wildman–Crippen LogP) is 1.56. The van der Waals surface area contributed by atoms with Crippen LogP contribution in [0.1, 0.15) is 18.4 Å². The van der Waals surface area contributed by atoms with Crippen LogP contribution in [0.25, 0.3) is 0 Å². The van der Waals surface area contributed by atoms with Crippen LogP contribution in [-0.2, 0) is 0 Å². The maximum atomic E-state index is 9.04. The van der Waals surface area contributed by atoms with E-state index in [-0.39, 0.29) is 12.4 Å². The Labute approximate surface area is 108 Å². The minimum atomic E-state index is 0. The van der Waals surface area contributed by atoms with E-state index in [1.807, 2.05) is 13.1 Å². The standard InChI is InChI=1S/C12H16N4.ClH/c1-16(11-4-7-14-8-5-11)12-10(9-13)3-2-6-15-12;/h2-3,6,11,14H,4-5,7-8H2,1H3;1H. The molecule has 1 saturated heterocycles. The van der Waals surface area contributed by atoms with Crippen LogP contribution in [0.3, 0.4) is 0 Å². The highest BCUT2D eigenvalue weighted by Crippen LogP contribution is 2.20. The number of hydrogen-bond donors (Lipinski definition) is 1. The lowest BCUT2D eigenvalue weighted by atomic mass is 10.0. The van der Waals surface area contributed by atoms with Gasteiger partial charge in [0.1, 0.15) is 11.9 Å². The number of nitrogens with zero attached hydrogens (tertiary/aromatic N) is 3. The highest BCUT2D eigenvalue weighted by atomic mass is 35.5. The van der Waals surface area contributed by atoms with Crippen molar-refractivity contribution in [3.8, 4) is 6.07 Å². The van der Waals surface area contributed by atoms with Crippen molar-refractivity contribution in [1.82, 2.24) is 10.3 Å². The molecule has 0 aliphatic carbocycles. The molecule has 0 amide bonds. The molecule has 92 valence electrons. The lowest BCUT2D eigenvalue weighted by Gasteiger charge is -2.32. The molecule has 4 nitrogen and oxygen atoms in total. The number of hydrogen-bond acceptors (Lipinski definition) is 4. The van der Waals surface area contributed by atoms with Crippen molar-refractivity contribution >= 4 is 18.2 Å². The lowest BCUT2D eigenvalue weighted by molar-refractivity contribution is 0.441. The first-order chi connectivity index (χ1) is 7.83. The molecular weight excluding hydrogens is 236 g/mol. The molecular formula is C12H17ClN4. The van der Waals surface area contributed by atoms with E-state index in [0.29, 0.717) is 11.6 Å². The third-order valence-electron chi connectivity index (χ3n) is 3.10. The summed E-state index contributed by atoms with van der Waals surface area (Å²) in [5.41, 5.74) is 0.656. The van der Waals surface area contributed by atoms with Crippen LogP contribution in [-0.4, -0.2) is 31.2 Å². The minimum absolute atomic E-state index is 0. The molecule has 0 atom stereocenters. The number of pyridine rings is 1. The molecule has 0 saturated carbocycles. The molecule has 17 heavy (non-hydrogen) atoms. The fourth-order valence-corrected chi connectivity index (χ4v) is 2.13. The second-order valence-electron chi connectivity index (χ2n) is 4.08. The highest BCUT2D eigenvalue weighted by molar-refractivity contribution is 5.85. The Balaban J connectivity index is 0.00000144. The van der Waals surface area contributed by atoms with Gasteiger partial charge in [0.25, 0.3) is 0 Å².